The fraction of sp³-hybridized carbons (Fsp3) is 0.788. The second kappa shape index (κ2) is 22.9. The van der Waals surface area contributed by atoms with Crippen molar-refractivity contribution < 1.29 is 0 Å². The second-order valence-corrected chi connectivity index (χ2v) is 15.9. The molecule has 197 valence electrons. The minimum Gasteiger partial charge on any atom is -0.0654 e. The molecule has 0 nitrogen and oxygen atoms in total. The van der Waals surface area contributed by atoms with Crippen LogP contribution >= 0.6 is 0 Å². The zero-order valence-electron chi connectivity index (χ0n) is 23.7. The highest BCUT2D eigenvalue weighted by atomic mass is 28.3. The van der Waals surface area contributed by atoms with Crippen molar-refractivity contribution in [3.8, 4) is 0 Å². The summed E-state index contributed by atoms with van der Waals surface area (Å²) < 4.78 is 0. The Bertz CT molecular complexity index is 521. The van der Waals surface area contributed by atoms with E-state index in [-0.39, 0.29) is 0 Å². The Hall–Kier alpha value is -0.563. The third-order valence-electron chi connectivity index (χ3n) is 7.73. The summed E-state index contributed by atoms with van der Waals surface area (Å²) >= 11 is 0. The van der Waals surface area contributed by atoms with E-state index < -0.39 is 8.07 Å². The molecule has 1 heteroatoms. The Morgan fingerprint density at radius 3 is 1.15 bits per heavy atom. The van der Waals surface area contributed by atoms with Gasteiger partial charge in [-0.2, -0.15) is 0 Å². The number of benzene rings is 1. The quantitative estimate of drug-likeness (QED) is 0.0953. The van der Waals surface area contributed by atoms with Crippen molar-refractivity contribution in [1.29, 1.82) is 0 Å². The summed E-state index contributed by atoms with van der Waals surface area (Å²) in [7, 11) is -1.32. The summed E-state index contributed by atoms with van der Waals surface area (Å²) in [6.07, 6.45) is 33.5. The normalized spacial score (nSPS) is 11.9. The van der Waals surface area contributed by atoms with Gasteiger partial charge in [-0.1, -0.05) is 203 Å². The molecule has 1 aromatic rings. The number of rotatable bonds is 25. The molecule has 0 bridgehead atoms. The molecular formula is C33H61Si. The fourth-order valence-corrected chi connectivity index (χ4v) is 7.41. The summed E-state index contributed by atoms with van der Waals surface area (Å²) in [6, 6.07) is 13.8. The maximum absolute atomic E-state index is 2.67. The lowest BCUT2D eigenvalue weighted by Crippen LogP contribution is -2.42. The van der Waals surface area contributed by atoms with Crippen LogP contribution in [0, 0.1) is 6.04 Å². The Labute approximate surface area is 217 Å². The predicted octanol–water partition coefficient (Wildman–Crippen LogP) is 11.3. The summed E-state index contributed by atoms with van der Waals surface area (Å²) in [4.78, 5) is 0. The van der Waals surface area contributed by atoms with E-state index in [1.54, 1.807) is 5.19 Å². The largest absolute Gasteiger partial charge is 0.0836 e. The Balaban J connectivity index is 1.73. The molecule has 34 heavy (non-hydrogen) atoms. The molecule has 0 aliphatic heterocycles. The van der Waals surface area contributed by atoms with Gasteiger partial charge in [0.2, 0.25) is 0 Å². The van der Waals surface area contributed by atoms with E-state index in [0.717, 1.165) is 0 Å². The molecule has 0 amide bonds. The van der Waals surface area contributed by atoms with E-state index in [1.807, 2.05) is 0 Å². The van der Waals surface area contributed by atoms with Crippen LogP contribution in [0.5, 0.6) is 0 Å². The first-order valence-electron chi connectivity index (χ1n) is 15.6. The zero-order chi connectivity index (χ0) is 24.6. The first kappa shape index (κ1) is 31.5. The molecule has 0 saturated heterocycles. The van der Waals surface area contributed by atoms with Gasteiger partial charge < -0.3 is 0 Å². The molecule has 0 spiro atoms. The third kappa shape index (κ3) is 18.7. The molecule has 0 N–H and O–H groups in total. The van der Waals surface area contributed by atoms with Gasteiger partial charge in [-0.25, -0.2) is 0 Å². The predicted molar refractivity (Wildman–Crippen MR) is 160 cm³/mol. The molecule has 1 aromatic carbocycles. The molecule has 0 saturated carbocycles. The van der Waals surface area contributed by atoms with E-state index in [9.17, 15) is 0 Å². The minimum atomic E-state index is -1.32. The van der Waals surface area contributed by atoms with Crippen molar-refractivity contribution in [1.82, 2.24) is 0 Å². The average Bonchev–Trinajstić information content (AvgIpc) is 2.85. The first-order valence-corrected chi connectivity index (χ1v) is 18.6. The van der Waals surface area contributed by atoms with Gasteiger partial charge >= 0.3 is 0 Å². The van der Waals surface area contributed by atoms with Crippen molar-refractivity contribution in [2.75, 3.05) is 0 Å². The Morgan fingerprint density at radius 1 is 0.471 bits per heavy atom. The lowest BCUT2D eigenvalue weighted by Gasteiger charge is -2.22. The van der Waals surface area contributed by atoms with Crippen LogP contribution in [0.3, 0.4) is 0 Å². The van der Waals surface area contributed by atoms with Crippen LogP contribution in [0.1, 0.15) is 155 Å². The van der Waals surface area contributed by atoms with Crippen molar-refractivity contribution in [3.05, 3.63) is 36.4 Å². The number of hydrogen-bond donors (Lipinski definition) is 0. The van der Waals surface area contributed by atoms with Crippen LogP contribution in [-0.4, -0.2) is 8.07 Å². The highest BCUT2D eigenvalue weighted by molar-refractivity contribution is 6.92. The first-order chi connectivity index (χ1) is 16.7. The van der Waals surface area contributed by atoms with Crippen molar-refractivity contribution in [2.45, 2.75) is 168 Å². The second-order valence-electron chi connectivity index (χ2n) is 11.5. The van der Waals surface area contributed by atoms with Crippen molar-refractivity contribution in [3.63, 3.8) is 0 Å². The van der Waals surface area contributed by atoms with Gasteiger partial charge in [-0.05, 0) is 6.04 Å². The molecule has 0 atom stereocenters. The summed E-state index contributed by atoms with van der Waals surface area (Å²) in [6.45, 7) is 7.28. The average molecular weight is 486 g/mol. The molecule has 0 aromatic heterocycles. The molecule has 0 aliphatic rings. The van der Waals surface area contributed by atoms with E-state index in [2.05, 4.69) is 56.4 Å². The highest BCUT2D eigenvalue weighted by Gasteiger charge is 2.22. The smallest absolute Gasteiger partial charge is 0.0654 e. The van der Waals surface area contributed by atoms with E-state index in [1.165, 1.54) is 148 Å². The van der Waals surface area contributed by atoms with Gasteiger partial charge in [0.05, 0.1) is 8.07 Å². The van der Waals surface area contributed by atoms with Crippen LogP contribution in [0.2, 0.25) is 13.1 Å². The Morgan fingerprint density at radius 2 is 0.794 bits per heavy atom. The van der Waals surface area contributed by atoms with Crippen molar-refractivity contribution >= 4 is 13.3 Å². The van der Waals surface area contributed by atoms with Crippen LogP contribution in [-0.2, 0) is 0 Å². The molecule has 1 rings (SSSR count). The standard InChI is InChI=1S/C33H61Si/c1-4-5-6-7-8-9-10-11-12-13-14-15-16-17-18-19-20-21-22-23-24-25-29-32-34(2,3)33-30-27-26-28-31-33/h26-28,30-32H,4-25,29H2,1-3H3. The van der Waals surface area contributed by atoms with Gasteiger partial charge in [-0.15, -0.1) is 0 Å². The van der Waals surface area contributed by atoms with Gasteiger partial charge in [0, 0.05) is 0 Å². The van der Waals surface area contributed by atoms with Gasteiger partial charge in [0.25, 0.3) is 0 Å². The monoisotopic (exact) mass is 485 g/mol. The maximum Gasteiger partial charge on any atom is 0.0836 e. The molecule has 0 fully saturated rings. The summed E-state index contributed by atoms with van der Waals surface area (Å²) in [5.41, 5.74) is 0. The Kier molecular flexibility index (Phi) is 21.2. The van der Waals surface area contributed by atoms with E-state index in [0.29, 0.717) is 0 Å². The van der Waals surface area contributed by atoms with Gasteiger partial charge in [0.1, 0.15) is 0 Å². The summed E-state index contributed by atoms with van der Waals surface area (Å²) in [5.74, 6) is 0. The van der Waals surface area contributed by atoms with E-state index >= 15 is 0 Å². The van der Waals surface area contributed by atoms with Crippen LogP contribution < -0.4 is 5.19 Å². The molecule has 0 heterocycles. The molecular weight excluding hydrogens is 424 g/mol. The molecule has 0 aliphatic carbocycles. The third-order valence-corrected chi connectivity index (χ3v) is 10.9. The van der Waals surface area contributed by atoms with Crippen molar-refractivity contribution in [2.24, 2.45) is 0 Å². The van der Waals surface area contributed by atoms with Crippen LogP contribution in [0.25, 0.3) is 0 Å². The molecule has 0 unspecified atom stereocenters. The van der Waals surface area contributed by atoms with Crippen LogP contribution in [0.4, 0.5) is 0 Å². The number of unbranched alkanes of at least 4 members (excludes halogenated alkanes) is 22. The summed E-state index contributed by atoms with van der Waals surface area (Å²) in [5, 5.41) is 1.58. The van der Waals surface area contributed by atoms with Gasteiger partial charge in [-0.3, -0.25) is 0 Å². The fourth-order valence-electron chi connectivity index (χ4n) is 5.20. The SMILES string of the molecule is CCCCCCCCCCCCCCCCCCCCCCCC[CH][Si](C)(C)c1ccccc1. The number of hydrogen-bond acceptors (Lipinski definition) is 0. The lowest BCUT2D eigenvalue weighted by atomic mass is 10.0. The topological polar surface area (TPSA) is 0 Å². The lowest BCUT2D eigenvalue weighted by molar-refractivity contribution is 0.519. The van der Waals surface area contributed by atoms with Crippen LogP contribution in [0.15, 0.2) is 30.3 Å². The van der Waals surface area contributed by atoms with E-state index in [4.69, 9.17) is 0 Å². The zero-order valence-corrected chi connectivity index (χ0v) is 24.7. The maximum atomic E-state index is 2.67. The van der Waals surface area contributed by atoms with Gasteiger partial charge in [0.15, 0.2) is 0 Å². The molecule has 1 radical (unpaired) electrons. The highest BCUT2D eigenvalue weighted by Crippen LogP contribution is 2.17. The minimum absolute atomic E-state index is 1.31.